The number of para-hydroxylation sites is 1. The summed E-state index contributed by atoms with van der Waals surface area (Å²) in [5.74, 6) is -0.0702. The number of aryl methyl sites for hydroxylation is 1. The molecule has 0 spiro atoms. The smallest absolute Gasteiger partial charge is 0.246 e. The molecule has 5 nitrogen and oxygen atoms in total. The first-order valence-electron chi connectivity index (χ1n) is 8.84. The van der Waals surface area contributed by atoms with Crippen LogP contribution in [0.5, 0.6) is 0 Å². The molecule has 2 aromatic rings. The van der Waals surface area contributed by atoms with Crippen LogP contribution in [0.15, 0.2) is 54.6 Å². The summed E-state index contributed by atoms with van der Waals surface area (Å²) in [5.41, 5.74) is 2.96. The second-order valence-corrected chi connectivity index (χ2v) is 6.92. The third kappa shape index (κ3) is 3.78. The Hall–Kier alpha value is -2.66. The molecule has 136 valence electrons. The van der Waals surface area contributed by atoms with Gasteiger partial charge in [0.25, 0.3) is 0 Å². The van der Waals surface area contributed by atoms with Crippen LogP contribution in [0.1, 0.15) is 17.2 Å². The average Bonchev–Trinajstić information content (AvgIpc) is 2.62. The minimum absolute atomic E-state index is 0.0262. The van der Waals surface area contributed by atoms with Crippen molar-refractivity contribution in [1.29, 1.82) is 0 Å². The van der Waals surface area contributed by atoms with Crippen molar-refractivity contribution < 1.29 is 9.59 Å². The van der Waals surface area contributed by atoms with Crippen LogP contribution in [-0.4, -0.2) is 55.3 Å². The molecule has 2 aromatic carbocycles. The molecule has 5 heteroatoms. The third-order valence-electron chi connectivity index (χ3n) is 4.71. The molecule has 1 aliphatic heterocycles. The molecule has 1 atom stereocenters. The first-order chi connectivity index (χ1) is 12.5. The molecule has 0 aromatic heterocycles. The van der Waals surface area contributed by atoms with Gasteiger partial charge in [-0.2, -0.15) is 0 Å². The Balaban J connectivity index is 1.76. The fraction of sp³-hybridized carbons (Fsp3) is 0.333. The highest BCUT2D eigenvalue weighted by atomic mass is 16.2. The van der Waals surface area contributed by atoms with Crippen molar-refractivity contribution >= 4 is 17.5 Å². The molecule has 0 saturated carbocycles. The molecule has 1 unspecified atom stereocenters. The molecule has 2 amide bonds. The third-order valence-corrected chi connectivity index (χ3v) is 4.71. The normalized spacial score (nSPS) is 16.1. The minimum atomic E-state index is -0.383. The van der Waals surface area contributed by atoms with Crippen LogP contribution < -0.4 is 4.90 Å². The van der Waals surface area contributed by atoms with E-state index in [2.05, 4.69) is 0 Å². The predicted molar refractivity (Wildman–Crippen MR) is 103 cm³/mol. The highest BCUT2D eigenvalue weighted by Gasteiger charge is 2.33. The molecule has 0 bridgehead atoms. The summed E-state index contributed by atoms with van der Waals surface area (Å²) in [5, 5.41) is 0. The van der Waals surface area contributed by atoms with Gasteiger partial charge in [-0.1, -0.05) is 48.0 Å². The fourth-order valence-electron chi connectivity index (χ4n) is 3.42. The fourth-order valence-corrected chi connectivity index (χ4v) is 3.42. The van der Waals surface area contributed by atoms with Crippen molar-refractivity contribution in [2.24, 2.45) is 0 Å². The van der Waals surface area contributed by atoms with Gasteiger partial charge in [0, 0.05) is 18.8 Å². The summed E-state index contributed by atoms with van der Waals surface area (Å²) < 4.78 is 0. The summed E-state index contributed by atoms with van der Waals surface area (Å²) in [4.78, 5) is 31.1. The van der Waals surface area contributed by atoms with Crippen LogP contribution in [0.2, 0.25) is 0 Å². The Morgan fingerprint density at radius 3 is 2.38 bits per heavy atom. The number of hydrogen-bond donors (Lipinski definition) is 0. The molecule has 0 aliphatic carbocycles. The second kappa shape index (κ2) is 7.70. The number of carbonyl (C=O) groups is 2. The SMILES string of the molecule is Cc1cccc(C(C(=O)N2CCN(c3ccccc3)C(=O)C2)N(C)C)c1. The molecule has 1 fully saturated rings. The van der Waals surface area contributed by atoms with Crippen LogP contribution in [0.4, 0.5) is 5.69 Å². The molecular formula is C21H25N3O2. The van der Waals surface area contributed by atoms with E-state index in [-0.39, 0.29) is 24.4 Å². The van der Waals surface area contributed by atoms with Gasteiger partial charge in [-0.25, -0.2) is 0 Å². The van der Waals surface area contributed by atoms with E-state index >= 15 is 0 Å². The van der Waals surface area contributed by atoms with E-state index in [1.165, 1.54) is 0 Å². The Bertz CT molecular complexity index is 789. The maximum Gasteiger partial charge on any atom is 0.246 e. The van der Waals surface area contributed by atoms with Gasteiger partial charge in [0.05, 0.1) is 0 Å². The molecule has 0 radical (unpaired) electrons. The first-order valence-corrected chi connectivity index (χ1v) is 8.84. The monoisotopic (exact) mass is 351 g/mol. The number of benzene rings is 2. The van der Waals surface area contributed by atoms with Crippen molar-refractivity contribution in [2.75, 3.05) is 38.6 Å². The van der Waals surface area contributed by atoms with E-state index in [1.807, 2.05) is 80.5 Å². The first kappa shape index (κ1) is 18.1. The maximum atomic E-state index is 13.2. The lowest BCUT2D eigenvalue weighted by molar-refractivity contribution is -0.141. The van der Waals surface area contributed by atoms with Crippen LogP contribution >= 0.6 is 0 Å². The van der Waals surface area contributed by atoms with Crippen LogP contribution in [0, 0.1) is 6.92 Å². The number of anilines is 1. The Kier molecular flexibility index (Phi) is 5.38. The number of amides is 2. The molecular weight excluding hydrogens is 326 g/mol. The van der Waals surface area contributed by atoms with E-state index in [1.54, 1.807) is 9.80 Å². The van der Waals surface area contributed by atoms with Gasteiger partial charge < -0.3 is 9.80 Å². The van der Waals surface area contributed by atoms with Crippen molar-refractivity contribution in [1.82, 2.24) is 9.80 Å². The maximum absolute atomic E-state index is 13.2. The Labute approximate surface area is 154 Å². The highest BCUT2D eigenvalue weighted by Crippen LogP contribution is 2.24. The predicted octanol–water partition coefficient (Wildman–Crippen LogP) is 2.47. The quantitative estimate of drug-likeness (QED) is 0.850. The lowest BCUT2D eigenvalue weighted by Gasteiger charge is -2.37. The molecule has 1 aliphatic rings. The van der Waals surface area contributed by atoms with Gasteiger partial charge in [0.15, 0.2) is 0 Å². The minimum Gasteiger partial charge on any atom is -0.330 e. The lowest BCUT2D eigenvalue weighted by Crippen LogP contribution is -2.54. The zero-order valence-corrected chi connectivity index (χ0v) is 15.6. The van der Waals surface area contributed by atoms with Gasteiger partial charge >= 0.3 is 0 Å². The van der Waals surface area contributed by atoms with Crippen molar-refractivity contribution in [3.8, 4) is 0 Å². The standard InChI is InChI=1S/C21H25N3O2/c1-16-8-7-9-17(14-16)20(22(2)3)21(26)23-12-13-24(19(25)15-23)18-10-5-4-6-11-18/h4-11,14,20H,12-13,15H2,1-3H3. The van der Waals surface area contributed by atoms with Gasteiger partial charge in [0.2, 0.25) is 11.8 Å². The van der Waals surface area contributed by atoms with Gasteiger partial charge in [-0.15, -0.1) is 0 Å². The van der Waals surface area contributed by atoms with E-state index in [4.69, 9.17) is 0 Å². The number of hydrogen-bond acceptors (Lipinski definition) is 3. The van der Waals surface area contributed by atoms with E-state index < -0.39 is 0 Å². The summed E-state index contributed by atoms with van der Waals surface area (Å²) in [6, 6.07) is 17.2. The molecule has 0 N–H and O–H groups in total. The number of likely N-dealkylation sites (N-methyl/N-ethyl adjacent to an activating group) is 1. The summed E-state index contributed by atoms with van der Waals surface area (Å²) in [7, 11) is 3.79. The molecule has 3 rings (SSSR count). The van der Waals surface area contributed by atoms with E-state index in [0.29, 0.717) is 13.1 Å². The van der Waals surface area contributed by atoms with Crippen molar-refractivity contribution in [3.63, 3.8) is 0 Å². The van der Waals surface area contributed by atoms with Crippen molar-refractivity contribution in [2.45, 2.75) is 13.0 Å². The van der Waals surface area contributed by atoms with Gasteiger partial charge in [0.1, 0.15) is 12.6 Å². The number of nitrogens with zero attached hydrogens (tertiary/aromatic N) is 3. The lowest BCUT2D eigenvalue weighted by atomic mass is 10.0. The second-order valence-electron chi connectivity index (χ2n) is 6.92. The average molecular weight is 351 g/mol. The molecule has 26 heavy (non-hydrogen) atoms. The largest absolute Gasteiger partial charge is 0.330 e. The van der Waals surface area contributed by atoms with E-state index in [9.17, 15) is 9.59 Å². The topological polar surface area (TPSA) is 43.9 Å². The van der Waals surface area contributed by atoms with Crippen LogP contribution in [0.25, 0.3) is 0 Å². The Morgan fingerprint density at radius 2 is 1.77 bits per heavy atom. The zero-order chi connectivity index (χ0) is 18.7. The van der Waals surface area contributed by atoms with Gasteiger partial charge in [-0.3, -0.25) is 14.5 Å². The van der Waals surface area contributed by atoms with Crippen LogP contribution in [-0.2, 0) is 9.59 Å². The zero-order valence-electron chi connectivity index (χ0n) is 15.6. The van der Waals surface area contributed by atoms with E-state index in [0.717, 1.165) is 16.8 Å². The number of carbonyl (C=O) groups excluding carboxylic acids is 2. The van der Waals surface area contributed by atoms with Crippen LogP contribution in [0.3, 0.4) is 0 Å². The summed E-state index contributed by atoms with van der Waals surface area (Å²) in [6.45, 7) is 3.19. The molecule has 1 heterocycles. The molecule has 1 saturated heterocycles. The number of piperazine rings is 1. The summed E-state index contributed by atoms with van der Waals surface area (Å²) in [6.07, 6.45) is 0. The van der Waals surface area contributed by atoms with Crippen molar-refractivity contribution in [3.05, 3.63) is 65.7 Å². The summed E-state index contributed by atoms with van der Waals surface area (Å²) >= 11 is 0. The van der Waals surface area contributed by atoms with Gasteiger partial charge in [-0.05, 0) is 38.7 Å². The highest BCUT2D eigenvalue weighted by molar-refractivity contribution is 5.98. The number of rotatable bonds is 4. The Morgan fingerprint density at radius 1 is 1.04 bits per heavy atom.